The molecule has 0 radical (unpaired) electrons. The number of thiophene rings is 1. The standard InChI is InChI=1S/C14H20N2O2S2/c1-16(7-8-20(2,17)18)13(9-15)12-10-19-14-6-4-3-5-11(12)14/h3-6,10,13H,7-9,15H2,1-2H3. The number of nitrogens with two attached hydrogens (primary N) is 1. The van der Waals surface area contributed by atoms with Gasteiger partial charge in [-0.15, -0.1) is 11.3 Å². The number of likely N-dealkylation sites (N-methyl/N-ethyl adjacent to an activating group) is 1. The van der Waals surface area contributed by atoms with Crippen LogP contribution < -0.4 is 5.73 Å². The van der Waals surface area contributed by atoms with Crippen LogP contribution in [0.5, 0.6) is 0 Å². The minimum atomic E-state index is -2.95. The summed E-state index contributed by atoms with van der Waals surface area (Å²) in [5, 5.41) is 3.33. The van der Waals surface area contributed by atoms with E-state index in [-0.39, 0.29) is 11.8 Å². The molecule has 1 aromatic carbocycles. The molecule has 1 heterocycles. The van der Waals surface area contributed by atoms with E-state index < -0.39 is 9.84 Å². The van der Waals surface area contributed by atoms with Gasteiger partial charge in [0.2, 0.25) is 0 Å². The quantitative estimate of drug-likeness (QED) is 0.884. The Bertz CT molecular complexity index is 679. The minimum absolute atomic E-state index is 0.0490. The van der Waals surface area contributed by atoms with Crippen LogP contribution in [-0.2, 0) is 9.84 Å². The highest BCUT2D eigenvalue weighted by Crippen LogP contribution is 2.32. The van der Waals surface area contributed by atoms with Crippen molar-refractivity contribution in [1.29, 1.82) is 0 Å². The van der Waals surface area contributed by atoms with Crippen LogP contribution >= 0.6 is 11.3 Å². The Labute approximate surface area is 124 Å². The molecule has 0 aliphatic heterocycles. The van der Waals surface area contributed by atoms with Crippen molar-refractivity contribution in [2.75, 3.05) is 32.1 Å². The maximum atomic E-state index is 11.3. The third-order valence-corrected chi connectivity index (χ3v) is 5.35. The molecular formula is C14H20N2O2S2. The van der Waals surface area contributed by atoms with Crippen LogP contribution in [0.3, 0.4) is 0 Å². The summed E-state index contributed by atoms with van der Waals surface area (Å²) in [7, 11) is -1.03. The Morgan fingerprint density at radius 2 is 2.05 bits per heavy atom. The molecule has 0 spiro atoms. The van der Waals surface area contributed by atoms with Crippen molar-refractivity contribution in [3.8, 4) is 0 Å². The van der Waals surface area contributed by atoms with Gasteiger partial charge in [-0.2, -0.15) is 0 Å². The molecule has 1 aromatic heterocycles. The van der Waals surface area contributed by atoms with Gasteiger partial charge in [0.1, 0.15) is 9.84 Å². The SMILES string of the molecule is CN(CCS(C)(=O)=O)C(CN)c1csc2ccccc12. The molecule has 1 atom stereocenters. The van der Waals surface area contributed by atoms with Crippen molar-refractivity contribution in [2.24, 2.45) is 5.73 Å². The number of rotatable bonds is 6. The lowest BCUT2D eigenvalue weighted by atomic mass is 10.0. The fraction of sp³-hybridized carbons (Fsp3) is 0.429. The molecule has 6 heteroatoms. The molecule has 0 aliphatic rings. The van der Waals surface area contributed by atoms with Gasteiger partial charge in [-0.1, -0.05) is 18.2 Å². The zero-order chi connectivity index (χ0) is 14.8. The second-order valence-electron chi connectivity index (χ2n) is 5.05. The lowest BCUT2D eigenvalue weighted by Gasteiger charge is -2.26. The van der Waals surface area contributed by atoms with Crippen molar-refractivity contribution in [1.82, 2.24) is 4.90 Å². The fourth-order valence-corrected chi connectivity index (χ4v) is 3.89. The Kier molecular flexibility index (Phi) is 4.80. The van der Waals surface area contributed by atoms with Crippen molar-refractivity contribution in [3.63, 3.8) is 0 Å². The van der Waals surface area contributed by atoms with E-state index in [4.69, 9.17) is 5.73 Å². The van der Waals surface area contributed by atoms with Gasteiger partial charge in [0.05, 0.1) is 5.75 Å². The molecule has 1 unspecified atom stereocenters. The first-order valence-electron chi connectivity index (χ1n) is 6.46. The molecule has 4 nitrogen and oxygen atoms in total. The van der Waals surface area contributed by atoms with E-state index in [9.17, 15) is 8.42 Å². The number of benzene rings is 1. The zero-order valence-electron chi connectivity index (χ0n) is 11.7. The first-order chi connectivity index (χ1) is 9.42. The Morgan fingerprint density at radius 3 is 2.70 bits per heavy atom. The van der Waals surface area contributed by atoms with Crippen LogP contribution in [-0.4, -0.2) is 45.5 Å². The summed E-state index contributed by atoms with van der Waals surface area (Å²) in [6.07, 6.45) is 1.26. The molecule has 0 bridgehead atoms. The van der Waals surface area contributed by atoms with Crippen molar-refractivity contribution in [3.05, 3.63) is 35.2 Å². The second-order valence-corrected chi connectivity index (χ2v) is 8.22. The topological polar surface area (TPSA) is 63.4 Å². The van der Waals surface area contributed by atoms with Crippen molar-refractivity contribution >= 4 is 31.3 Å². The van der Waals surface area contributed by atoms with Gasteiger partial charge < -0.3 is 5.73 Å². The maximum Gasteiger partial charge on any atom is 0.148 e. The lowest BCUT2D eigenvalue weighted by molar-refractivity contribution is 0.266. The van der Waals surface area contributed by atoms with E-state index in [1.165, 1.54) is 21.9 Å². The van der Waals surface area contributed by atoms with Crippen LogP contribution in [0.4, 0.5) is 0 Å². The average Bonchev–Trinajstić information content (AvgIpc) is 2.81. The second kappa shape index (κ2) is 6.22. The molecule has 0 saturated carbocycles. The molecule has 110 valence electrons. The molecule has 0 fully saturated rings. The number of fused-ring (bicyclic) bond motifs is 1. The van der Waals surface area contributed by atoms with Crippen molar-refractivity contribution in [2.45, 2.75) is 6.04 Å². The molecule has 2 rings (SSSR count). The zero-order valence-corrected chi connectivity index (χ0v) is 13.4. The summed E-state index contributed by atoms with van der Waals surface area (Å²) in [4.78, 5) is 2.02. The third-order valence-electron chi connectivity index (χ3n) is 3.44. The number of nitrogens with zero attached hydrogens (tertiary/aromatic N) is 1. The normalized spacial score (nSPS) is 14.0. The highest BCUT2D eigenvalue weighted by atomic mass is 32.2. The van der Waals surface area contributed by atoms with Crippen LogP contribution in [0.15, 0.2) is 29.6 Å². The molecule has 20 heavy (non-hydrogen) atoms. The predicted octanol–water partition coefficient (Wildman–Crippen LogP) is 1.88. The summed E-state index contributed by atoms with van der Waals surface area (Å²) in [6, 6.07) is 8.27. The molecule has 2 aromatic rings. The van der Waals surface area contributed by atoms with Crippen LogP contribution in [0.1, 0.15) is 11.6 Å². The summed E-state index contributed by atoms with van der Waals surface area (Å²) in [5.41, 5.74) is 7.09. The number of hydrogen-bond donors (Lipinski definition) is 1. The van der Waals surface area contributed by atoms with Gasteiger partial charge in [-0.05, 0) is 29.4 Å². The summed E-state index contributed by atoms with van der Waals surface area (Å²) < 4.78 is 23.8. The van der Waals surface area contributed by atoms with Gasteiger partial charge in [-0.25, -0.2) is 8.42 Å². The highest BCUT2D eigenvalue weighted by molar-refractivity contribution is 7.90. The van der Waals surface area contributed by atoms with Gasteiger partial charge in [0.15, 0.2) is 0 Å². The van der Waals surface area contributed by atoms with E-state index in [1.807, 2.05) is 24.1 Å². The predicted molar refractivity (Wildman–Crippen MR) is 86.0 cm³/mol. The molecular weight excluding hydrogens is 292 g/mol. The van der Waals surface area contributed by atoms with E-state index in [1.54, 1.807) is 11.3 Å². The van der Waals surface area contributed by atoms with Crippen molar-refractivity contribution < 1.29 is 8.42 Å². The first kappa shape index (κ1) is 15.4. The highest BCUT2D eigenvalue weighted by Gasteiger charge is 2.19. The van der Waals surface area contributed by atoms with Gasteiger partial charge in [0.25, 0.3) is 0 Å². The van der Waals surface area contributed by atoms with E-state index >= 15 is 0 Å². The van der Waals surface area contributed by atoms with Gasteiger partial charge in [-0.3, -0.25) is 4.90 Å². The van der Waals surface area contributed by atoms with E-state index in [0.717, 1.165) is 0 Å². The molecule has 0 saturated heterocycles. The van der Waals surface area contributed by atoms with Gasteiger partial charge >= 0.3 is 0 Å². The van der Waals surface area contributed by atoms with Crippen LogP contribution in [0, 0.1) is 0 Å². The number of sulfone groups is 1. The van der Waals surface area contributed by atoms with Gasteiger partial charge in [0, 0.05) is 30.1 Å². The average molecular weight is 312 g/mol. The minimum Gasteiger partial charge on any atom is -0.329 e. The monoisotopic (exact) mass is 312 g/mol. The summed E-state index contributed by atoms with van der Waals surface area (Å²) in [5.74, 6) is 0.155. The van der Waals surface area contributed by atoms with Crippen LogP contribution in [0.25, 0.3) is 10.1 Å². The Hall–Kier alpha value is -0.950. The number of hydrogen-bond acceptors (Lipinski definition) is 5. The van der Waals surface area contributed by atoms with Crippen LogP contribution in [0.2, 0.25) is 0 Å². The maximum absolute atomic E-state index is 11.3. The third kappa shape index (κ3) is 3.58. The summed E-state index contributed by atoms with van der Waals surface area (Å²) >= 11 is 1.70. The largest absolute Gasteiger partial charge is 0.329 e. The molecule has 2 N–H and O–H groups in total. The van der Waals surface area contributed by atoms with E-state index in [0.29, 0.717) is 13.1 Å². The van der Waals surface area contributed by atoms with E-state index in [2.05, 4.69) is 17.5 Å². The lowest BCUT2D eigenvalue weighted by Crippen LogP contribution is -2.33. The smallest absolute Gasteiger partial charge is 0.148 e. The summed E-state index contributed by atoms with van der Waals surface area (Å²) in [6.45, 7) is 0.964. The Morgan fingerprint density at radius 1 is 1.35 bits per heavy atom. The molecule has 0 amide bonds. The molecule has 0 aliphatic carbocycles. The Balaban J connectivity index is 2.23. The fourth-order valence-electron chi connectivity index (χ4n) is 2.27. The first-order valence-corrected chi connectivity index (χ1v) is 9.40.